The molecule has 1 N–H and O–H groups in total. The summed E-state index contributed by atoms with van der Waals surface area (Å²) in [5.74, 6) is -2.10. The van der Waals surface area contributed by atoms with Gasteiger partial charge in [0.25, 0.3) is 11.7 Å². The molecule has 8 nitrogen and oxygen atoms in total. The third-order valence-corrected chi connectivity index (χ3v) is 5.48. The molecule has 9 heteroatoms. The van der Waals surface area contributed by atoms with Gasteiger partial charge in [0.2, 0.25) is 0 Å². The summed E-state index contributed by atoms with van der Waals surface area (Å²) in [6.45, 7) is 0.698. The van der Waals surface area contributed by atoms with E-state index in [1.54, 1.807) is 18.2 Å². The smallest absolute Gasteiger partial charge is 0.295 e. The Morgan fingerprint density at radius 3 is 2.33 bits per heavy atom. The number of likely N-dealkylation sites (tertiary alicyclic amines) is 1. The number of likely N-dealkylation sites (N-methyl/N-ethyl adjacent to an activating group) is 1. The van der Waals surface area contributed by atoms with Crippen LogP contribution in [-0.2, 0) is 9.59 Å². The number of halogens is 1. The van der Waals surface area contributed by atoms with Gasteiger partial charge in [-0.25, -0.2) is 4.39 Å². The molecular formula is C24H27FN2O6. The van der Waals surface area contributed by atoms with E-state index in [-0.39, 0.29) is 23.4 Å². The van der Waals surface area contributed by atoms with Crippen LogP contribution in [0, 0.1) is 5.82 Å². The van der Waals surface area contributed by atoms with Crippen molar-refractivity contribution in [2.45, 2.75) is 6.04 Å². The van der Waals surface area contributed by atoms with E-state index in [0.717, 1.165) is 6.07 Å². The number of rotatable bonds is 8. The number of hydrogen-bond donors (Lipinski definition) is 1. The van der Waals surface area contributed by atoms with E-state index in [1.165, 1.54) is 38.4 Å². The predicted octanol–water partition coefficient (Wildman–Crippen LogP) is 2.83. The second-order valence-electron chi connectivity index (χ2n) is 7.73. The average molecular weight is 458 g/mol. The Balaban J connectivity index is 2.25. The summed E-state index contributed by atoms with van der Waals surface area (Å²) < 4.78 is 30.2. The Morgan fingerprint density at radius 2 is 1.76 bits per heavy atom. The highest BCUT2D eigenvalue weighted by atomic mass is 19.1. The number of Topliss-reactive ketones (excluding diaryl/α,β-unsaturated/α-hetero) is 1. The van der Waals surface area contributed by atoms with Crippen molar-refractivity contribution in [3.63, 3.8) is 0 Å². The van der Waals surface area contributed by atoms with Crippen molar-refractivity contribution in [2.24, 2.45) is 0 Å². The van der Waals surface area contributed by atoms with Crippen molar-refractivity contribution in [2.75, 3.05) is 48.5 Å². The van der Waals surface area contributed by atoms with E-state index >= 15 is 0 Å². The second kappa shape index (κ2) is 9.91. The van der Waals surface area contributed by atoms with Crippen LogP contribution in [0.3, 0.4) is 0 Å². The molecule has 0 saturated carbocycles. The van der Waals surface area contributed by atoms with Crippen LogP contribution in [-0.4, -0.2) is 75.1 Å². The SMILES string of the molecule is COc1ccc(C(O)=C2C(=O)C(=O)N(CCN(C)C)[C@H]2c2cccc(OC)c2OC)cc1F. The number of ketones is 1. The average Bonchev–Trinajstić information content (AvgIpc) is 3.06. The molecule has 1 heterocycles. The van der Waals surface area contributed by atoms with Crippen molar-refractivity contribution < 1.29 is 33.3 Å². The van der Waals surface area contributed by atoms with Gasteiger partial charge in [0.05, 0.1) is 32.9 Å². The van der Waals surface area contributed by atoms with E-state index < -0.39 is 29.3 Å². The second-order valence-corrected chi connectivity index (χ2v) is 7.73. The third kappa shape index (κ3) is 4.49. The first kappa shape index (κ1) is 24.1. The summed E-state index contributed by atoms with van der Waals surface area (Å²) in [5, 5.41) is 11.1. The van der Waals surface area contributed by atoms with Gasteiger partial charge in [-0.05, 0) is 38.4 Å². The van der Waals surface area contributed by atoms with Crippen molar-refractivity contribution in [3.05, 3.63) is 58.9 Å². The fourth-order valence-electron chi connectivity index (χ4n) is 3.84. The van der Waals surface area contributed by atoms with Crippen LogP contribution in [0.1, 0.15) is 17.2 Å². The first-order valence-corrected chi connectivity index (χ1v) is 10.2. The summed E-state index contributed by atoms with van der Waals surface area (Å²) in [6, 6.07) is 7.95. The number of hydrogen-bond acceptors (Lipinski definition) is 7. The molecule has 0 spiro atoms. The van der Waals surface area contributed by atoms with E-state index in [2.05, 4.69) is 0 Å². The lowest BCUT2D eigenvalue weighted by atomic mass is 9.94. The lowest BCUT2D eigenvalue weighted by Gasteiger charge is -2.28. The Bertz CT molecular complexity index is 1100. The molecule has 33 heavy (non-hydrogen) atoms. The Morgan fingerprint density at radius 1 is 1.06 bits per heavy atom. The molecule has 0 aliphatic carbocycles. The molecule has 0 aromatic heterocycles. The van der Waals surface area contributed by atoms with Gasteiger partial charge < -0.3 is 29.1 Å². The third-order valence-electron chi connectivity index (χ3n) is 5.48. The van der Waals surface area contributed by atoms with E-state index in [4.69, 9.17) is 14.2 Å². The zero-order valence-electron chi connectivity index (χ0n) is 19.2. The van der Waals surface area contributed by atoms with E-state index in [1.807, 2.05) is 19.0 Å². The monoisotopic (exact) mass is 458 g/mol. The van der Waals surface area contributed by atoms with Gasteiger partial charge in [0, 0.05) is 24.2 Å². The summed E-state index contributed by atoms with van der Waals surface area (Å²) in [6.07, 6.45) is 0. The lowest BCUT2D eigenvalue weighted by molar-refractivity contribution is -0.140. The first-order chi connectivity index (χ1) is 15.7. The number of aliphatic hydroxyl groups excluding tert-OH is 1. The summed E-state index contributed by atoms with van der Waals surface area (Å²) in [5.41, 5.74) is 0.353. The topological polar surface area (TPSA) is 88.5 Å². The minimum atomic E-state index is -0.958. The molecule has 1 aliphatic rings. The van der Waals surface area contributed by atoms with Crippen LogP contribution < -0.4 is 14.2 Å². The Hall–Kier alpha value is -3.59. The predicted molar refractivity (Wildman–Crippen MR) is 120 cm³/mol. The molecule has 0 radical (unpaired) electrons. The number of carbonyl (C=O) groups is 2. The maximum atomic E-state index is 14.3. The molecule has 3 rings (SSSR count). The normalized spacial score (nSPS) is 17.5. The van der Waals surface area contributed by atoms with Gasteiger partial charge in [-0.2, -0.15) is 0 Å². The van der Waals surface area contributed by atoms with Crippen LogP contribution in [0.5, 0.6) is 17.2 Å². The van der Waals surface area contributed by atoms with E-state index in [0.29, 0.717) is 23.6 Å². The van der Waals surface area contributed by atoms with Crippen LogP contribution >= 0.6 is 0 Å². The minimum absolute atomic E-state index is 0.0102. The molecule has 2 aromatic rings. The van der Waals surface area contributed by atoms with Gasteiger partial charge in [0.1, 0.15) is 5.76 Å². The number of benzene rings is 2. The molecule has 1 saturated heterocycles. The lowest BCUT2D eigenvalue weighted by Crippen LogP contribution is -2.35. The van der Waals surface area contributed by atoms with Gasteiger partial charge in [-0.1, -0.05) is 12.1 Å². The molecule has 176 valence electrons. The fraction of sp³-hybridized carbons (Fsp3) is 0.333. The highest BCUT2D eigenvalue weighted by Gasteiger charge is 2.47. The zero-order valence-corrected chi connectivity index (χ0v) is 19.2. The van der Waals surface area contributed by atoms with Crippen LogP contribution in [0.25, 0.3) is 5.76 Å². The number of aliphatic hydroxyl groups is 1. The summed E-state index contributed by atoms with van der Waals surface area (Å²) in [7, 11) is 7.94. The molecule has 1 fully saturated rings. The summed E-state index contributed by atoms with van der Waals surface area (Å²) in [4.78, 5) is 29.4. The molecule has 1 atom stereocenters. The number of amides is 1. The highest BCUT2D eigenvalue weighted by molar-refractivity contribution is 6.46. The number of methoxy groups -OCH3 is 3. The quantitative estimate of drug-likeness (QED) is 0.370. The Kier molecular flexibility index (Phi) is 7.23. The number of carbonyl (C=O) groups excluding carboxylic acids is 2. The van der Waals surface area contributed by atoms with Crippen LogP contribution in [0.15, 0.2) is 42.0 Å². The molecule has 1 aliphatic heterocycles. The minimum Gasteiger partial charge on any atom is -0.507 e. The maximum Gasteiger partial charge on any atom is 0.295 e. The first-order valence-electron chi connectivity index (χ1n) is 10.2. The van der Waals surface area contributed by atoms with Crippen molar-refractivity contribution in [3.8, 4) is 17.2 Å². The van der Waals surface area contributed by atoms with Crippen LogP contribution in [0.4, 0.5) is 4.39 Å². The maximum absolute atomic E-state index is 14.3. The largest absolute Gasteiger partial charge is 0.507 e. The molecule has 0 bridgehead atoms. The molecular weight excluding hydrogens is 431 g/mol. The van der Waals surface area contributed by atoms with Crippen molar-refractivity contribution in [1.82, 2.24) is 9.80 Å². The van der Waals surface area contributed by atoms with E-state index in [9.17, 15) is 19.1 Å². The van der Waals surface area contributed by atoms with Crippen LogP contribution in [0.2, 0.25) is 0 Å². The number of para-hydroxylation sites is 1. The van der Waals surface area contributed by atoms with Gasteiger partial charge in [0.15, 0.2) is 23.1 Å². The number of nitrogens with zero attached hydrogens (tertiary/aromatic N) is 2. The van der Waals surface area contributed by atoms with Gasteiger partial charge in [-0.3, -0.25) is 9.59 Å². The summed E-state index contributed by atoms with van der Waals surface area (Å²) >= 11 is 0. The van der Waals surface area contributed by atoms with Gasteiger partial charge >= 0.3 is 0 Å². The van der Waals surface area contributed by atoms with Gasteiger partial charge in [-0.15, -0.1) is 0 Å². The van der Waals surface area contributed by atoms with Crippen molar-refractivity contribution in [1.29, 1.82) is 0 Å². The molecule has 1 amide bonds. The standard InChI is InChI=1S/C24H27FN2O6/c1-26(2)11-12-27-20(15-7-6-8-18(32-4)23(15)33-5)19(22(29)24(27)30)21(28)14-9-10-17(31-3)16(25)13-14/h6-10,13,20,28H,11-12H2,1-5H3/t20-/m0/s1. The zero-order chi connectivity index (χ0) is 24.3. The fourth-order valence-corrected chi connectivity index (χ4v) is 3.84. The number of ether oxygens (including phenoxy) is 3. The molecule has 2 aromatic carbocycles. The Labute approximate surface area is 191 Å². The highest BCUT2D eigenvalue weighted by Crippen LogP contribution is 2.45. The van der Waals surface area contributed by atoms with Crippen molar-refractivity contribution >= 4 is 17.4 Å². The molecule has 0 unspecified atom stereocenters.